The van der Waals surface area contributed by atoms with Crippen molar-refractivity contribution in [2.24, 2.45) is 5.92 Å². The average Bonchev–Trinajstić information content (AvgIpc) is 2.26. The van der Waals surface area contributed by atoms with Crippen LogP contribution in [-0.2, 0) is 4.74 Å². The van der Waals surface area contributed by atoms with Crippen molar-refractivity contribution in [1.29, 1.82) is 0 Å². The molecule has 0 aliphatic heterocycles. The van der Waals surface area contributed by atoms with Gasteiger partial charge in [-0.2, -0.15) is 0 Å². The standard InChI is InChI=1S/C12H25NO/c1-4-5-12(13-2)10-6-8-11(14-3)9-7-10/h10-13H,4-9H2,1-3H3. The zero-order valence-electron chi connectivity index (χ0n) is 9.88. The molecule has 0 aromatic rings. The fourth-order valence-electron chi connectivity index (χ4n) is 2.65. The number of nitrogens with one attached hydrogen (secondary N) is 1. The number of hydrogen-bond donors (Lipinski definition) is 1. The fraction of sp³-hybridized carbons (Fsp3) is 1.00. The molecule has 0 saturated heterocycles. The summed E-state index contributed by atoms with van der Waals surface area (Å²) in [6.45, 7) is 2.27. The summed E-state index contributed by atoms with van der Waals surface area (Å²) in [6, 6.07) is 0.734. The lowest BCUT2D eigenvalue weighted by atomic mass is 9.81. The Labute approximate surface area is 88.4 Å². The van der Waals surface area contributed by atoms with Crippen LogP contribution in [0, 0.1) is 5.92 Å². The van der Waals surface area contributed by atoms with Crippen molar-refractivity contribution in [3.8, 4) is 0 Å². The topological polar surface area (TPSA) is 21.3 Å². The summed E-state index contributed by atoms with van der Waals surface area (Å²) in [7, 11) is 3.94. The first-order chi connectivity index (χ1) is 6.81. The highest BCUT2D eigenvalue weighted by Gasteiger charge is 2.25. The molecule has 1 atom stereocenters. The van der Waals surface area contributed by atoms with Gasteiger partial charge < -0.3 is 10.1 Å². The SMILES string of the molecule is CCCC(NC)C1CCC(OC)CC1. The minimum absolute atomic E-state index is 0.533. The molecule has 0 bridgehead atoms. The van der Waals surface area contributed by atoms with Gasteiger partial charge in [0.25, 0.3) is 0 Å². The van der Waals surface area contributed by atoms with Crippen molar-refractivity contribution >= 4 is 0 Å². The van der Waals surface area contributed by atoms with Gasteiger partial charge in [-0.15, -0.1) is 0 Å². The molecular weight excluding hydrogens is 174 g/mol. The Hall–Kier alpha value is -0.0800. The van der Waals surface area contributed by atoms with Gasteiger partial charge in [0, 0.05) is 13.2 Å². The molecule has 0 amide bonds. The Morgan fingerprint density at radius 3 is 2.36 bits per heavy atom. The number of hydrogen-bond acceptors (Lipinski definition) is 2. The predicted octanol–water partition coefficient (Wildman–Crippen LogP) is 2.58. The van der Waals surface area contributed by atoms with Gasteiger partial charge in [-0.25, -0.2) is 0 Å². The van der Waals surface area contributed by atoms with Crippen LogP contribution in [0.5, 0.6) is 0 Å². The number of rotatable bonds is 5. The van der Waals surface area contributed by atoms with Gasteiger partial charge in [0.2, 0.25) is 0 Å². The van der Waals surface area contributed by atoms with Crippen molar-refractivity contribution < 1.29 is 4.74 Å². The molecule has 0 heterocycles. The van der Waals surface area contributed by atoms with E-state index in [1.165, 1.54) is 38.5 Å². The molecule has 2 nitrogen and oxygen atoms in total. The van der Waals surface area contributed by atoms with Crippen LogP contribution >= 0.6 is 0 Å². The van der Waals surface area contributed by atoms with E-state index in [4.69, 9.17) is 4.74 Å². The normalized spacial score (nSPS) is 30.2. The lowest BCUT2D eigenvalue weighted by Gasteiger charge is -2.33. The zero-order valence-corrected chi connectivity index (χ0v) is 9.88. The van der Waals surface area contributed by atoms with Crippen LogP contribution in [0.25, 0.3) is 0 Å². The van der Waals surface area contributed by atoms with Crippen molar-refractivity contribution in [2.45, 2.75) is 57.6 Å². The summed E-state index contributed by atoms with van der Waals surface area (Å²) in [5.41, 5.74) is 0. The van der Waals surface area contributed by atoms with E-state index < -0.39 is 0 Å². The molecular formula is C12H25NO. The van der Waals surface area contributed by atoms with Crippen LogP contribution in [0.1, 0.15) is 45.4 Å². The fourth-order valence-corrected chi connectivity index (χ4v) is 2.65. The Morgan fingerprint density at radius 1 is 1.29 bits per heavy atom. The highest BCUT2D eigenvalue weighted by atomic mass is 16.5. The van der Waals surface area contributed by atoms with Crippen molar-refractivity contribution in [1.82, 2.24) is 5.32 Å². The van der Waals surface area contributed by atoms with Gasteiger partial charge in [0.15, 0.2) is 0 Å². The zero-order chi connectivity index (χ0) is 10.4. The summed E-state index contributed by atoms with van der Waals surface area (Å²) in [6.07, 6.45) is 8.32. The second kappa shape index (κ2) is 6.41. The van der Waals surface area contributed by atoms with Gasteiger partial charge in [-0.3, -0.25) is 0 Å². The molecule has 1 unspecified atom stereocenters. The van der Waals surface area contributed by atoms with E-state index in [0.717, 1.165) is 12.0 Å². The first kappa shape index (κ1) is 12.0. The van der Waals surface area contributed by atoms with Gasteiger partial charge in [-0.1, -0.05) is 13.3 Å². The molecule has 0 aromatic carbocycles. The van der Waals surface area contributed by atoms with E-state index in [1.54, 1.807) is 0 Å². The maximum absolute atomic E-state index is 5.39. The van der Waals surface area contributed by atoms with E-state index in [0.29, 0.717) is 6.10 Å². The molecule has 0 radical (unpaired) electrons. The number of methoxy groups -OCH3 is 1. The third-order valence-corrected chi connectivity index (χ3v) is 3.59. The summed E-state index contributed by atoms with van der Waals surface area (Å²) >= 11 is 0. The molecule has 1 rings (SSSR count). The van der Waals surface area contributed by atoms with E-state index in [9.17, 15) is 0 Å². The van der Waals surface area contributed by atoms with Crippen LogP contribution in [0.4, 0.5) is 0 Å². The first-order valence-electron chi connectivity index (χ1n) is 6.01. The third kappa shape index (κ3) is 3.25. The van der Waals surface area contributed by atoms with E-state index in [-0.39, 0.29) is 0 Å². The maximum Gasteiger partial charge on any atom is 0.0571 e. The van der Waals surface area contributed by atoms with Crippen LogP contribution in [-0.4, -0.2) is 26.3 Å². The van der Waals surface area contributed by atoms with E-state index >= 15 is 0 Å². The number of ether oxygens (including phenoxy) is 1. The van der Waals surface area contributed by atoms with Crippen LogP contribution < -0.4 is 5.32 Å². The van der Waals surface area contributed by atoms with Crippen LogP contribution in [0.2, 0.25) is 0 Å². The second-order valence-corrected chi connectivity index (χ2v) is 4.46. The van der Waals surface area contributed by atoms with E-state index in [1.807, 2.05) is 7.11 Å². The second-order valence-electron chi connectivity index (χ2n) is 4.46. The molecule has 2 heteroatoms. The molecule has 84 valence electrons. The predicted molar refractivity (Wildman–Crippen MR) is 60.5 cm³/mol. The quantitative estimate of drug-likeness (QED) is 0.735. The molecule has 1 aliphatic carbocycles. The molecule has 1 aliphatic rings. The highest BCUT2D eigenvalue weighted by Crippen LogP contribution is 2.29. The minimum Gasteiger partial charge on any atom is -0.381 e. The van der Waals surface area contributed by atoms with E-state index in [2.05, 4.69) is 19.3 Å². The van der Waals surface area contributed by atoms with Crippen molar-refractivity contribution in [2.75, 3.05) is 14.2 Å². The average molecular weight is 199 g/mol. The summed E-state index contributed by atoms with van der Waals surface area (Å²) < 4.78 is 5.39. The smallest absolute Gasteiger partial charge is 0.0571 e. The summed E-state index contributed by atoms with van der Waals surface area (Å²) in [4.78, 5) is 0. The van der Waals surface area contributed by atoms with Gasteiger partial charge >= 0.3 is 0 Å². The maximum atomic E-state index is 5.39. The van der Waals surface area contributed by atoms with Crippen LogP contribution in [0.3, 0.4) is 0 Å². The molecule has 1 fully saturated rings. The Balaban J connectivity index is 2.31. The molecule has 1 saturated carbocycles. The van der Waals surface area contributed by atoms with Gasteiger partial charge in [0.05, 0.1) is 6.10 Å². The Bertz CT molecular complexity index is 141. The van der Waals surface area contributed by atoms with Crippen LogP contribution in [0.15, 0.2) is 0 Å². The Kier molecular flexibility index (Phi) is 5.49. The lowest BCUT2D eigenvalue weighted by Crippen LogP contribution is -2.36. The lowest BCUT2D eigenvalue weighted by molar-refractivity contribution is 0.0502. The highest BCUT2D eigenvalue weighted by molar-refractivity contribution is 4.81. The van der Waals surface area contributed by atoms with Gasteiger partial charge in [0.1, 0.15) is 0 Å². The Morgan fingerprint density at radius 2 is 1.93 bits per heavy atom. The summed E-state index contributed by atoms with van der Waals surface area (Å²) in [5.74, 6) is 0.881. The third-order valence-electron chi connectivity index (χ3n) is 3.59. The minimum atomic E-state index is 0.533. The van der Waals surface area contributed by atoms with Crippen molar-refractivity contribution in [3.05, 3.63) is 0 Å². The summed E-state index contributed by atoms with van der Waals surface area (Å²) in [5, 5.41) is 3.46. The molecule has 0 aromatic heterocycles. The first-order valence-corrected chi connectivity index (χ1v) is 6.01. The molecule has 1 N–H and O–H groups in total. The molecule has 14 heavy (non-hydrogen) atoms. The van der Waals surface area contributed by atoms with Crippen molar-refractivity contribution in [3.63, 3.8) is 0 Å². The monoisotopic (exact) mass is 199 g/mol. The molecule has 0 spiro atoms. The van der Waals surface area contributed by atoms with Gasteiger partial charge in [-0.05, 0) is 45.1 Å². The largest absolute Gasteiger partial charge is 0.381 e.